The molecule has 0 saturated carbocycles. The van der Waals surface area contributed by atoms with Crippen molar-refractivity contribution in [1.29, 1.82) is 0 Å². The first kappa shape index (κ1) is 20.9. The second-order valence-electron chi connectivity index (χ2n) is 6.13. The maximum absolute atomic E-state index is 5.56. The molecule has 0 aliphatic rings. The van der Waals surface area contributed by atoms with Crippen LogP contribution in [-0.2, 0) is 0 Å². The highest BCUT2D eigenvalue weighted by Gasteiger charge is 2.15. The minimum atomic E-state index is 0.528. The van der Waals surface area contributed by atoms with Crippen LogP contribution in [0, 0.1) is 0 Å². The Morgan fingerprint density at radius 3 is 2.52 bits per heavy atom. The molecule has 0 spiro atoms. The Morgan fingerprint density at radius 1 is 1.10 bits per heavy atom. The lowest BCUT2D eigenvalue weighted by molar-refractivity contribution is 0.324. The molecule has 0 amide bonds. The van der Waals surface area contributed by atoms with Gasteiger partial charge in [0, 0.05) is 10.9 Å². The van der Waals surface area contributed by atoms with E-state index in [4.69, 9.17) is 19.3 Å². The van der Waals surface area contributed by atoms with Crippen molar-refractivity contribution in [3.8, 4) is 27.8 Å². The number of thiazole rings is 1. The quantitative estimate of drug-likeness (QED) is 0.386. The number of ether oxygens (including phenoxy) is 3. The predicted octanol–water partition coefficient (Wildman–Crippen LogP) is 4.66. The molecule has 0 fully saturated rings. The van der Waals surface area contributed by atoms with Gasteiger partial charge in [-0.2, -0.15) is 5.10 Å². The predicted molar refractivity (Wildman–Crippen MR) is 120 cm³/mol. The van der Waals surface area contributed by atoms with Crippen LogP contribution in [0.1, 0.15) is 12.5 Å². The maximum atomic E-state index is 5.56. The average Bonchev–Trinajstić information content (AvgIpc) is 3.39. The van der Waals surface area contributed by atoms with Crippen LogP contribution in [0.3, 0.4) is 0 Å². The Hall–Kier alpha value is -2.84. The highest BCUT2D eigenvalue weighted by atomic mass is 32.1. The van der Waals surface area contributed by atoms with Gasteiger partial charge in [-0.15, -0.1) is 22.7 Å². The first-order valence-corrected chi connectivity index (χ1v) is 10.6. The smallest absolute Gasteiger partial charge is 0.206 e. The molecular weight excluding hydrogens is 406 g/mol. The number of hydrogen-bond acceptors (Lipinski definition) is 7. The van der Waals surface area contributed by atoms with E-state index >= 15 is 0 Å². The van der Waals surface area contributed by atoms with Gasteiger partial charge in [-0.3, -0.25) is 4.99 Å². The number of methoxy groups -OCH3 is 3. The summed E-state index contributed by atoms with van der Waals surface area (Å²) in [5.74, 6) is 1.69. The second-order valence-corrected chi connectivity index (χ2v) is 7.92. The van der Waals surface area contributed by atoms with Gasteiger partial charge in [0.05, 0.1) is 44.7 Å². The van der Waals surface area contributed by atoms with Gasteiger partial charge >= 0.3 is 0 Å². The van der Waals surface area contributed by atoms with Crippen molar-refractivity contribution >= 4 is 28.9 Å². The van der Waals surface area contributed by atoms with E-state index in [2.05, 4.69) is 23.0 Å². The highest BCUT2D eigenvalue weighted by molar-refractivity contribution is 7.14. The zero-order valence-electron chi connectivity index (χ0n) is 16.8. The van der Waals surface area contributed by atoms with Gasteiger partial charge in [0.2, 0.25) is 10.6 Å². The van der Waals surface area contributed by atoms with E-state index in [1.54, 1.807) is 50.2 Å². The molecule has 29 heavy (non-hydrogen) atoms. The van der Waals surface area contributed by atoms with Crippen LogP contribution >= 0.6 is 22.7 Å². The van der Waals surface area contributed by atoms with E-state index in [9.17, 15) is 0 Å². The zero-order chi connectivity index (χ0) is 20.8. The molecule has 0 aliphatic heterocycles. The minimum Gasteiger partial charge on any atom is -0.493 e. The SMILES string of the molecule is C=C(C)CN=c1scc(-c2cccs2)n1N=Cc1ccc(OC)c(OC)c1OC. The fourth-order valence-corrected chi connectivity index (χ4v) is 4.29. The third kappa shape index (κ3) is 4.60. The lowest BCUT2D eigenvalue weighted by atomic mass is 10.2. The summed E-state index contributed by atoms with van der Waals surface area (Å²) in [4.78, 5) is 6.57. The molecule has 0 bridgehead atoms. The molecule has 6 nitrogen and oxygen atoms in total. The van der Waals surface area contributed by atoms with E-state index in [-0.39, 0.29) is 0 Å². The van der Waals surface area contributed by atoms with Gasteiger partial charge < -0.3 is 14.2 Å². The van der Waals surface area contributed by atoms with Crippen molar-refractivity contribution in [1.82, 2.24) is 4.68 Å². The van der Waals surface area contributed by atoms with Gasteiger partial charge in [-0.1, -0.05) is 18.2 Å². The molecule has 0 N–H and O–H groups in total. The Kier molecular flexibility index (Phi) is 6.90. The van der Waals surface area contributed by atoms with Crippen LogP contribution in [0.4, 0.5) is 0 Å². The second kappa shape index (κ2) is 9.58. The van der Waals surface area contributed by atoms with E-state index in [0.29, 0.717) is 23.8 Å². The van der Waals surface area contributed by atoms with Gasteiger partial charge in [0.25, 0.3) is 0 Å². The summed E-state index contributed by atoms with van der Waals surface area (Å²) >= 11 is 3.21. The van der Waals surface area contributed by atoms with Gasteiger partial charge in [0.1, 0.15) is 0 Å². The molecule has 152 valence electrons. The van der Waals surface area contributed by atoms with Gasteiger partial charge in [-0.25, -0.2) is 4.68 Å². The van der Waals surface area contributed by atoms with Crippen LogP contribution < -0.4 is 19.0 Å². The molecule has 2 heterocycles. The fourth-order valence-electron chi connectivity index (χ4n) is 2.66. The molecule has 2 aromatic heterocycles. The van der Waals surface area contributed by atoms with Gasteiger partial charge in [-0.05, 0) is 30.5 Å². The van der Waals surface area contributed by atoms with Crippen LogP contribution in [0.15, 0.2) is 57.3 Å². The minimum absolute atomic E-state index is 0.528. The molecule has 8 heteroatoms. The first-order chi connectivity index (χ1) is 14.1. The van der Waals surface area contributed by atoms with Gasteiger partial charge in [0.15, 0.2) is 11.5 Å². The third-order valence-corrected chi connectivity index (χ3v) is 5.74. The number of aromatic nitrogens is 1. The van der Waals surface area contributed by atoms with Crippen LogP contribution in [0.2, 0.25) is 0 Å². The molecule has 3 aromatic rings. The summed E-state index contributed by atoms with van der Waals surface area (Å²) in [5, 5.41) is 8.83. The Bertz CT molecular complexity index is 1080. The number of hydrogen-bond donors (Lipinski definition) is 0. The molecule has 0 saturated heterocycles. The van der Waals surface area contributed by atoms with E-state index in [1.165, 1.54) is 0 Å². The van der Waals surface area contributed by atoms with E-state index in [1.807, 2.05) is 35.2 Å². The molecule has 3 rings (SSSR count). The largest absolute Gasteiger partial charge is 0.493 e. The van der Waals surface area contributed by atoms with Crippen LogP contribution in [0.5, 0.6) is 17.2 Å². The van der Waals surface area contributed by atoms with Crippen molar-refractivity contribution < 1.29 is 14.2 Å². The monoisotopic (exact) mass is 429 g/mol. The molecule has 1 aromatic carbocycles. The summed E-state index contributed by atoms with van der Waals surface area (Å²) in [7, 11) is 4.77. The maximum Gasteiger partial charge on any atom is 0.206 e. The normalized spacial score (nSPS) is 11.8. The third-order valence-electron chi connectivity index (χ3n) is 3.99. The number of benzene rings is 1. The van der Waals surface area contributed by atoms with Crippen molar-refractivity contribution in [2.24, 2.45) is 10.1 Å². The Balaban J connectivity index is 2.10. The first-order valence-electron chi connectivity index (χ1n) is 8.81. The number of thiophene rings is 1. The highest BCUT2D eigenvalue weighted by Crippen LogP contribution is 2.39. The Morgan fingerprint density at radius 2 is 1.90 bits per heavy atom. The lowest BCUT2D eigenvalue weighted by Gasteiger charge is -2.13. The van der Waals surface area contributed by atoms with Crippen molar-refractivity contribution in [2.75, 3.05) is 27.9 Å². The summed E-state index contributed by atoms with van der Waals surface area (Å²) in [5.41, 5.74) is 2.75. The molecular formula is C21H23N3O3S2. The fraction of sp³-hybridized carbons (Fsp3) is 0.238. The zero-order valence-corrected chi connectivity index (χ0v) is 18.5. The Labute approximate surface area is 178 Å². The summed E-state index contributed by atoms with van der Waals surface area (Å²) in [6.45, 7) is 6.44. The summed E-state index contributed by atoms with van der Waals surface area (Å²) in [6.07, 6.45) is 1.74. The standard InChI is InChI=1S/C21H23N3O3S2/c1-14(2)11-22-21-24(16(13-29-21)18-7-6-10-28-18)23-12-15-8-9-17(25-3)20(27-5)19(15)26-4/h6-10,12-13H,1,11H2,2-5H3. The van der Waals surface area contributed by atoms with E-state index in [0.717, 1.165) is 26.5 Å². The molecule has 0 radical (unpaired) electrons. The van der Waals surface area contributed by atoms with Crippen molar-refractivity contribution in [3.05, 3.63) is 57.5 Å². The molecule has 0 atom stereocenters. The van der Waals surface area contributed by atoms with Crippen LogP contribution in [0.25, 0.3) is 10.6 Å². The summed E-state index contributed by atoms with van der Waals surface area (Å²) < 4.78 is 18.2. The number of nitrogens with zero attached hydrogens (tertiary/aromatic N) is 3. The van der Waals surface area contributed by atoms with Crippen molar-refractivity contribution in [3.63, 3.8) is 0 Å². The topological polar surface area (TPSA) is 57.3 Å². The molecule has 0 aliphatic carbocycles. The lowest BCUT2D eigenvalue weighted by Crippen LogP contribution is -2.13. The summed E-state index contributed by atoms with van der Waals surface area (Å²) in [6, 6.07) is 7.80. The van der Waals surface area contributed by atoms with Crippen molar-refractivity contribution in [2.45, 2.75) is 6.92 Å². The number of rotatable bonds is 8. The average molecular weight is 430 g/mol. The van der Waals surface area contributed by atoms with Crippen LogP contribution in [-0.4, -0.2) is 38.8 Å². The molecule has 0 unspecified atom stereocenters. The van der Waals surface area contributed by atoms with E-state index < -0.39 is 0 Å².